The number of aromatic nitrogens is 2. The van der Waals surface area contributed by atoms with Crippen molar-refractivity contribution < 1.29 is 35.9 Å². The predicted molar refractivity (Wildman–Crippen MR) is 104 cm³/mol. The molecule has 0 bridgehead atoms. The van der Waals surface area contributed by atoms with Gasteiger partial charge in [-0.15, -0.1) is 0 Å². The van der Waals surface area contributed by atoms with Crippen molar-refractivity contribution in [3.05, 3.63) is 86.2 Å². The first-order chi connectivity index (χ1) is 15.3. The summed E-state index contributed by atoms with van der Waals surface area (Å²) in [5, 5.41) is 1.85. The fourth-order valence-corrected chi connectivity index (χ4v) is 2.83. The number of alkyl halides is 6. The van der Waals surface area contributed by atoms with Crippen LogP contribution in [0.4, 0.5) is 32.0 Å². The fraction of sp³-hybridized carbons (Fsp3) is 0.150. The number of amides is 1. The highest BCUT2D eigenvalue weighted by Gasteiger charge is 2.37. The first-order valence-electron chi connectivity index (χ1n) is 8.91. The number of aromatic amines is 1. The van der Waals surface area contributed by atoms with Crippen LogP contribution in [-0.2, 0) is 12.4 Å². The lowest BCUT2D eigenvalue weighted by molar-refractivity contribution is -0.143. The van der Waals surface area contributed by atoms with Crippen LogP contribution in [0.1, 0.15) is 21.5 Å². The van der Waals surface area contributed by atoms with E-state index in [1.807, 2.05) is 5.32 Å². The summed E-state index contributed by atoms with van der Waals surface area (Å²) in [4.78, 5) is 39.5. The topological polar surface area (TPSA) is 93.2 Å². The zero-order valence-corrected chi connectivity index (χ0v) is 16.5. The Morgan fingerprint density at radius 3 is 1.97 bits per heavy atom. The van der Waals surface area contributed by atoms with Crippen LogP contribution in [0.2, 0.25) is 0 Å². The van der Waals surface area contributed by atoms with E-state index >= 15 is 0 Å². The lowest BCUT2D eigenvalue weighted by Crippen LogP contribution is -2.38. The Bertz CT molecular complexity index is 1280. The minimum Gasteiger partial charge on any atom is -0.497 e. The Morgan fingerprint density at radius 1 is 0.939 bits per heavy atom. The van der Waals surface area contributed by atoms with Gasteiger partial charge in [0.05, 0.1) is 23.9 Å². The standard InChI is InChI=1S/C20H13F6N3O4/c1-33-14-4-2-13(3-5-14)29-17(31)15(9-27-18(29)32)16(30)28-12-7-10(19(21,22)23)6-11(8-12)20(24,25)26/h2-9H,1H3,(H,27,32)(H,28,30). The minimum atomic E-state index is -5.13. The molecule has 0 radical (unpaired) electrons. The van der Waals surface area contributed by atoms with Gasteiger partial charge in [-0.05, 0) is 42.5 Å². The van der Waals surface area contributed by atoms with Crippen molar-refractivity contribution >= 4 is 11.6 Å². The van der Waals surface area contributed by atoms with Gasteiger partial charge in [0.15, 0.2) is 0 Å². The Kier molecular flexibility index (Phi) is 6.07. The predicted octanol–water partition coefficient (Wildman–Crippen LogP) is 3.82. The van der Waals surface area contributed by atoms with Crippen LogP contribution in [-0.4, -0.2) is 22.6 Å². The van der Waals surface area contributed by atoms with Gasteiger partial charge in [0.25, 0.3) is 11.5 Å². The molecule has 0 aliphatic rings. The average Bonchev–Trinajstić information content (AvgIpc) is 2.72. The molecule has 1 amide bonds. The molecule has 0 saturated carbocycles. The molecule has 174 valence electrons. The maximum absolute atomic E-state index is 13.0. The molecule has 2 aromatic carbocycles. The lowest BCUT2D eigenvalue weighted by Gasteiger charge is -2.15. The second kappa shape index (κ2) is 8.48. The van der Waals surface area contributed by atoms with Crippen molar-refractivity contribution in [3.8, 4) is 11.4 Å². The van der Waals surface area contributed by atoms with Gasteiger partial charge >= 0.3 is 18.0 Å². The molecule has 13 heteroatoms. The number of nitrogens with one attached hydrogen (secondary N) is 2. The van der Waals surface area contributed by atoms with E-state index in [-0.39, 0.29) is 11.8 Å². The third-order valence-electron chi connectivity index (χ3n) is 4.40. The second-order valence-electron chi connectivity index (χ2n) is 6.59. The van der Waals surface area contributed by atoms with E-state index in [4.69, 9.17) is 4.74 Å². The van der Waals surface area contributed by atoms with Crippen LogP contribution in [0.25, 0.3) is 5.69 Å². The number of anilines is 1. The van der Waals surface area contributed by atoms with Crippen LogP contribution in [0.3, 0.4) is 0 Å². The minimum absolute atomic E-state index is 0.0372. The molecule has 0 aliphatic carbocycles. The molecule has 7 nitrogen and oxygen atoms in total. The molecule has 1 aromatic heterocycles. The summed E-state index contributed by atoms with van der Waals surface area (Å²) in [6.45, 7) is 0. The van der Waals surface area contributed by atoms with Gasteiger partial charge in [-0.25, -0.2) is 9.36 Å². The maximum Gasteiger partial charge on any atom is 0.416 e. The van der Waals surface area contributed by atoms with Gasteiger partial charge < -0.3 is 15.0 Å². The summed E-state index contributed by atoms with van der Waals surface area (Å²) in [5.74, 6) is -0.923. The van der Waals surface area contributed by atoms with Crippen molar-refractivity contribution in [3.63, 3.8) is 0 Å². The largest absolute Gasteiger partial charge is 0.497 e. The smallest absolute Gasteiger partial charge is 0.416 e. The third kappa shape index (κ3) is 5.07. The van der Waals surface area contributed by atoms with E-state index in [9.17, 15) is 40.7 Å². The fourth-order valence-electron chi connectivity index (χ4n) is 2.83. The van der Waals surface area contributed by atoms with Crippen molar-refractivity contribution in [2.75, 3.05) is 12.4 Å². The van der Waals surface area contributed by atoms with Gasteiger partial charge in [0.2, 0.25) is 0 Å². The van der Waals surface area contributed by atoms with Crippen molar-refractivity contribution in [2.24, 2.45) is 0 Å². The average molecular weight is 473 g/mol. The second-order valence-corrected chi connectivity index (χ2v) is 6.59. The Balaban J connectivity index is 2.03. The zero-order valence-electron chi connectivity index (χ0n) is 16.5. The van der Waals surface area contributed by atoms with E-state index in [2.05, 4.69) is 4.98 Å². The molecule has 33 heavy (non-hydrogen) atoms. The van der Waals surface area contributed by atoms with Crippen LogP contribution in [0.15, 0.2) is 58.3 Å². The van der Waals surface area contributed by atoms with E-state index in [0.29, 0.717) is 28.6 Å². The molecule has 3 rings (SSSR count). The normalized spacial score (nSPS) is 11.8. The van der Waals surface area contributed by atoms with Gasteiger partial charge in [-0.1, -0.05) is 0 Å². The molecule has 0 unspecified atom stereocenters. The summed E-state index contributed by atoms with van der Waals surface area (Å²) in [6, 6.07) is 6.00. The summed E-state index contributed by atoms with van der Waals surface area (Å²) in [7, 11) is 1.39. The highest BCUT2D eigenvalue weighted by atomic mass is 19.4. The van der Waals surface area contributed by atoms with E-state index in [1.54, 1.807) is 0 Å². The van der Waals surface area contributed by atoms with E-state index < -0.39 is 51.9 Å². The number of carbonyl (C=O) groups is 1. The third-order valence-corrected chi connectivity index (χ3v) is 4.40. The van der Waals surface area contributed by atoms with Gasteiger partial charge in [-0.2, -0.15) is 26.3 Å². The van der Waals surface area contributed by atoms with Gasteiger partial charge in [0, 0.05) is 11.9 Å². The Hall–Kier alpha value is -4.03. The number of H-pyrrole nitrogens is 1. The number of rotatable bonds is 4. The number of ether oxygens (including phenoxy) is 1. The number of hydrogen-bond acceptors (Lipinski definition) is 4. The first kappa shape index (κ1) is 23.6. The van der Waals surface area contributed by atoms with Crippen molar-refractivity contribution in [2.45, 2.75) is 12.4 Å². The number of carbonyl (C=O) groups excluding carboxylic acids is 1. The highest BCUT2D eigenvalue weighted by molar-refractivity contribution is 6.04. The quantitative estimate of drug-likeness (QED) is 0.564. The van der Waals surface area contributed by atoms with Crippen LogP contribution < -0.4 is 21.3 Å². The molecule has 0 fully saturated rings. The van der Waals surface area contributed by atoms with Crippen LogP contribution in [0.5, 0.6) is 5.75 Å². The van der Waals surface area contributed by atoms with Crippen LogP contribution >= 0.6 is 0 Å². The Morgan fingerprint density at radius 2 is 1.48 bits per heavy atom. The molecule has 0 saturated heterocycles. The summed E-state index contributed by atoms with van der Waals surface area (Å²) < 4.78 is 83.6. The molecule has 1 heterocycles. The maximum atomic E-state index is 13.0. The highest BCUT2D eigenvalue weighted by Crippen LogP contribution is 2.37. The summed E-state index contributed by atoms with van der Waals surface area (Å²) in [6.07, 6.45) is -9.54. The molecular formula is C20H13F6N3O4. The zero-order chi connectivity index (χ0) is 24.6. The van der Waals surface area contributed by atoms with Gasteiger partial charge in [-0.3, -0.25) is 9.59 Å². The molecule has 0 aliphatic heterocycles. The van der Waals surface area contributed by atoms with E-state index in [0.717, 1.165) is 0 Å². The first-order valence-corrected chi connectivity index (χ1v) is 8.91. The molecule has 2 N–H and O–H groups in total. The number of hydrogen-bond donors (Lipinski definition) is 2. The number of halogens is 6. The van der Waals surface area contributed by atoms with Crippen molar-refractivity contribution in [1.29, 1.82) is 0 Å². The molecular weight excluding hydrogens is 460 g/mol. The Labute approximate surface area is 180 Å². The summed E-state index contributed by atoms with van der Waals surface area (Å²) in [5.41, 5.74) is -6.91. The molecule has 0 spiro atoms. The monoisotopic (exact) mass is 473 g/mol. The molecule has 0 atom stereocenters. The SMILES string of the molecule is COc1ccc(-n2c(=O)[nH]cc(C(=O)Nc3cc(C(F)(F)F)cc(C(F)(F)F)c3)c2=O)cc1. The van der Waals surface area contributed by atoms with Crippen molar-refractivity contribution in [1.82, 2.24) is 9.55 Å². The summed E-state index contributed by atoms with van der Waals surface area (Å²) >= 11 is 0. The number of benzene rings is 2. The molecule has 3 aromatic rings. The lowest BCUT2D eigenvalue weighted by atomic mass is 10.1. The number of nitrogens with zero attached hydrogens (tertiary/aromatic N) is 1. The van der Waals surface area contributed by atoms with E-state index in [1.165, 1.54) is 31.4 Å². The van der Waals surface area contributed by atoms with Crippen LogP contribution in [0, 0.1) is 0 Å². The van der Waals surface area contributed by atoms with Gasteiger partial charge in [0.1, 0.15) is 11.3 Å². The number of methoxy groups -OCH3 is 1.